The molecule has 0 fully saturated rings. The fourth-order valence-electron chi connectivity index (χ4n) is 1.28. The number of aromatic nitrogens is 1. The molecule has 17 heavy (non-hydrogen) atoms. The molecule has 0 bridgehead atoms. The number of nitrogens with two attached hydrogens (primary N) is 1. The molecule has 1 heterocycles. The summed E-state index contributed by atoms with van der Waals surface area (Å²) in [5.74, 6) is 0.517. The van der Waals surface area contributed by atoms with Crippen molar-refractivity contribution in [1.82, 2.24) is 4.98 Å². The highest BCUT2D eigenvalue weighted by Gasteiger charge is 2.26. The van der Waals surface area contributed by atoms with Gasteiger partial charge >= 0.3 is 0 Å². The van der Waals surface area contributed by atoms with E-state index in [2.05, 4.69) is 10.3 Å². The summed E-state index contributed by atoms with van der Waals surface area (Å²) in [5, 5.41) is 2.81. The molecule has 1 rings (SSSR count). The summed E-state index contributed by atoms with van der Waals surface area (Å²) in [4.78, 5) is 18.0. The van der Waals surface area contributed by atoms with Crippen molar-refractivity contribution in [1.29, 1.82) is 0 Å². The Hall–Kier alpha value is -1.62. The Bertz CT molecular complexity index is 401. The smallest absolute Gasteiger partial charge is 0.244 e. The number of carbonyl (C=O) groups is 1. The normalized spacial score (nSPS) is 13.9. The Morgan fingerprint density at radius 1 is 1.59 bits per heavy atom. The lowest BCUT2D eigenvalue weighted by atomic mass is 9.99. The van der Waals surface area contributed by atoms with Crippen LogP contribution in [0.1, 0.15) is 20.3 Å². The van der Waals surface area contributed by atoms with Gasteiger partial charge in [-0.3, -0.25) is 4.79 Å². The number of pyridine rings is 1. The van der Waals surface area contributed by atoms with Crippen LogP contribution >= 0.6 is 0 Å². The molecule has 0 aliphatic heterocycles. The number of nitrogens with zero attached hydrogens (tertiary/aromatic N) is 2. The highest BCUT2D eigenvalue weighted by atomic mass is 16.2. The standard InChI is InChI=1S/C12H20N4O/c1-5-12(2,13)11(17)15-9-7-6-8-14-10(9)16(3)4/h6-8H,5,13H2,1-4H3,(H,15,17). The minimum atomic E-state index is -0.862. The van der Waals surface area contributed by atoms with Crippen molar-refractivity contribution in [3.63, 3.8) is 0 Å². The lowest BCUT2D eigenvalue weighted by molar-refractivity contribution is -0.120. The fraction of sp³-hybridized carbons (Fsp3) is 0.500. The lowest BCUT2D eigenvalue weighted by Gasteiger charge is -2.23. The summed E-state index contributed by atoms with van der Waals surface area (Å²) in [6.45, 7) is 3.60. The Morgan fingerprint density at radius 3 is 2.76 bits per heavy atom. The molecule has 5 heteroatoms. The quantitative estimate of drug-likeness (QED) is 0.824. The van der Waals surface area contributed by atoms with Crippen LogP contribution < -0.4 is 16.0 Å². The van der Waals surface area contributed by atoms with Crippen LogP contribution in [0.5, 0.6) is 0 Å². The summed E-state index contributed by atoms with van der Waals surface area (Å²) >= 11 is 0. The largest absolute Gasteiger partial charge is 0.361 e. The summed E-state index contributed by atoms with van der Waals surface area (Å²) in [7, 11) is 3.75. The highest BCUT2D eigenvalue weighted by Crippen LogP contribution is 2.21. The number of rotatable bonds is 4. The van der Waals surface area contributed by atoms with Gasteiger partial charge in [-0.2, -0.15) is 0 Å². The van der Waals surface area contributed by atoms with Crippen molar-refractivity contribution in [3.8, 4) is 0 Å². The lowest BCUT2D eigenvalue weighted by Crippen LogP contribution is -2.47. The molecule has 94 valence electrons. The zero-order valence-corrected chi connectivity index (χ0v) is 10.8. The molecular weight excluding hydrogens is 216 g/mol. The monoisotopic (exact) mass is 236 g/mol. The fourth-order valence-corrected chi connectivity index (χ4v) is 1.28. The number of carbonyl (C=O) groups excluding carboxylic acids is 1. The van der Waals surface area contributed by atoms with E-state index in [4.69, 9.17) is 5.73 Å². The van der Waals surface area contributed by atoms with Gasteiger partial charge in [-0.25, -0.2) is 4.98 Å². The maximum absolute atomic E-state index is 12.0. The average molecular weight is 236 g/mol. The molecule has 3 N–H and O–H groups in total. The second-order valence-electron chi connectivity index (χ2n) is 4.49. The molecule has 1 aromatic heterocycles. The van der Waals surface area contributed by atoms with Gasteiger partial charge in [-0.1, -0.05) is 6.92 Å². The Labute approximate surface area is 102 Å². The number of hydrogen-bond donors (Lipinski definition) is 2. The summed E-state index contributed by atoms with van der Waals surface area (Å²) in [6.07, 6.45) is 2.27. The van der Waals surface area contributed by atoms with E-state index in [9.17, 15) is 4.79 Å². The number of hydrogen-bond acceptors (Lipinski definition) is 4. The van der Waals surface area contributed by atoms with Crippen molar-refractivity contribution < 1.29 is 4.79 Å². The molecule has 0 aliphatic carbocycles. The summed E-state index contributed by atoms with van der Waals surface area (Å²) in [6, 6.07) is 3.59. The SMILES string of the molecule is CCC(C)(N)C(=O)Nc1cccnc1N(C)C. The number of amides is 1. The highest BCUT2D eigenvalue weighted by molar-refractivity contribution is 5.99. The van der Waals surface area contributed by atoms with E-state index in [1.54, 1.807) is 19.2 Å². The molecule has 0 spiro atoms. The van der Waals surface area contributed by atoms with Crippen LogP contribution in [0.3, 0.4) is 0 Å². The summed E-state index contributed by atoms with van der Waals surface area (Å²) in [5.41, 5.74) is 5.70. The van der Waals surface area contributed by atoms with E-state index in [1.807, 2.05) is 32.0 Å². The maximum atomic E-state index is 12.0. The first-order chi connectivity index (χ1) is 7.88. The van der Waals surface area contributed by atoms with E-state index >= 15 is 0 Å². The van der Waals surface area contributed by atoms with Crippen molar-refractivity contribution in [2.45, 2.75) is 25.8 Å². The van der Waals surface area contributed by atoms with Gasteiger partial charge in [0, 0.05) is 20.3 Å². The Balaban J connectivity index is 2.93. The molecule has 0 saturated heterocycles. The van der Waals surface area contributed by atoms with E-state index in [0.29, 0.717) is 17.9 Å². The molecule has 0 saturated carbocycles. The number of anilines is 2. The Kier molecular flexibility index (Phi) is 4.07. The first kappa shape index (κ1) is 13.4. The zero-order chi connectivity index (χ0) is 13.1. The molecule has 5 nitrogen and oxygen atoms in total. The van der Waals surface area contributed by atoms with Gasteiger partial charge < -0.3 is 16.0 Å². The van der Waals surface area contributed by atoms with Crippen LogP contribution in [0.2, 0.25) is 0 Å². The van der Waals surface area contributed by atoms with Crippen LogP contribution in [0, 0.1) is 0 Å². The molecule has 0 aliphatic rings. The van der Waals surface area contributed by atoms with Crippen molar-refractivity contribution in [2.75, 3.05) is 24.3 Å². The van der Waals surface area contributed by atoms with E-state index in [-0.39, 0.29) is 5.91 Å². The zero-order valence-electron chi connectivity index (χ0n) is 10.8. The molecule has 1 atom stereocenters. The molecule has 0 aromatic carbocycles. The van der Waals surface area contributed by atoms with Gasteiger partial charge in [0.25, 0.3) is 0 Å². The maximum Gasteiger partial charge on any atom is 0.244 e. The third kappa shape index (κ3) is 3.17. The van der Waals surface area contributed by atoms with Gasteiger partial charge in [0.1, 0.15) is 0 Å². The van der Waals surface area contributed by atoms with Gasteiger partial charge in [-0.05, 0) is 25.5 Å². The minimum absolute atomic E-state index is 0.198. The van der Waals surface area contributed by atoms with E-state index < -0.39 is 5.54 Å². The van der Waals surface area contributed by atoms with Crippen LogP contribution in [0.4, 0.5) is 11.5 Å². The molecule has 1 unspecified atom stereocenters. The first-order valence-corrected chi connectivity index (χ1v) is 5.61. The van der Waals surface area contributed by atoms with E-state index in [1.165, 1.54) is 0 Å². The van der Waals surface area contributed by atoms with Gasteiger partial charge in [0.15, 0.2) is 5.82 Å². The average Bonchev–Trinajstić information content (AvgIpc) is 2.29. The second-order valence-corrected chi connectivity index (χ2v) is 4.49. The van der Waals surface area contributed by atoms with Gasteiger partial charge in [0.05, 0.1) is 11.2 Å². The molecule has 1 amide bonds. The topological polar surface area (TPSA) is 71.2 Å². The van der Waals surface area contributed by atoms with Crippen LogP contribution in [0.15, 0.2) is 18.3 Å². The van der Waals surface area contributed by atoms with Gasteiger partial charge in [0.2, 0.25) is 5.91 Å². The number of nitrogens with one attached hydrogen (secondary N) is 1. The summed E-state index contributed by atoms with van der Waals surface area (Å²) < 4.78 is 0. The Morgan fingerprint density at radius 2 is 2.24 bits per heavy atom. The van der Waals surface area contributed by atoms with Crippen LogP contribution in [-0.4, -0.2) is 30.5 Å². The second kappa shape index (κ2) is 5.14. The van der Waals surface area contributed by atoms with Crippen molar-refractivity contribution in [3.05, 3.63) is 18.3 Å². The van der Waals surface area contributed by atoms with Crippen molar-refractivity contribution >= 4 is 17.4 Å². The van der Waals surface area contributed by atoms with Crippen molar-refractivity contribution in [2.24, 2.45) is 5.73 Å². The van der Waals surface area contributed by atoms with E-state index in [0.717, 1.165) is 0 Å². The third-order valence-corrected chi connectivity index (χ3v) is 2.71. The molecular formula is C12H20N4O. The third-order valence-electron chi connectivity index (χ3n) is 2.71. The van der Waals surface area contributed by atoms with Gasteiger partial charge in [-0.15, -0.1) is 0 Å². The van der Waals surface area contributed by atoms with Crippen LogP contribution in [0.25, 0.3) is 0 Å². The molecule has 1 aromatic rings. The first-order valence-electron chi connectivity index (χ1n) is 5.61. The van der Waals surface area contributed by atoms with Crippen LogP contribution in [-0.2, 0) is 4.79 Å². The predicted octanol–water partition coefficient (Wildman–Crippen LogP) is 1.21. The predicted molar refractivity (Wildman–Crippen MR) is 70.1 cm³/mol. The molecule has 0 radical (unpaired) electrons. The minimum Gasteiger partial charge on any atom is -0.361 e.